The predicted molar refractivity (Wildman–Crippen MR) is 100 cm³/mol. The molecule has 0 bridgehead atoms. The summed E-state index contributed by atoms with van der Waals surface area (Å²) in [6.07, 6.45) is 0.173. The van der Waals surface area contributed by atoms with Crippen LogP contribution in [0.4, 0.5) is 26.2 Å². The van der Waals surface area contributed by atoms with Crippen LogP contribution in [0.2, 0.25) is 0 Å². The van der Waals surface area contributed by atoms with Gasteiger partial charge in [-0.05, 0) is 48.5 Å². The quantitative estimate of drug-likeness (QED) is 0.773. The lowest BCUT2D eigenvalue weighted by molar-refractivity contribution is -0.117. The standard InChI is InChI=1S/C19H19FN4O3/c1-12(25)21-14-4-6-15(7-5-14)22-19(27)23-16-10-18(26)24(11-16)17-8-2-13(20)3-9-17/h2-9,16H,10-11H2,1H3,(H,21,25)(H2,22,23,27). The number of benzene rings is 2. The van der Waals surface area contributed by atoms with Gasteiger partial charge in [-0.3, -0.25) is 9.59 Å². The summed E-state index contributed by atoms with van der Waals surface area (Å²) in [6, 6.07) is 11.5. The van der Waals surface area contributed by atoms with Crippen LogP contribution in [-0.4, -0.2) is 30.4 Å². The molecule has 2 aromatic carbocycles. The molecule has 1 saturated heterocycles. The molecule has 1 unspecified atom stereocenters. The van der Waals surface area contributed by atoms with Gasteiger partial charge in [-0.2, -0.15) is 0 Å². The third-order valence-corrected chi connectivity index (χ3v) is 4.06. The van der Waals surface area contributed by atoms with Crippen molar-refractivity contribution < 1.29 is 18.8 Å². The summed E-state index contributed by atoms with van der Waals surface area (Å²) in [6.45, 7) is 1.73. The van der Waals surface area contributed by atoms with E-state index < -0.39 is 6.03 Å². The molecule has 3 rings (SSSR count). The lowest BCUT2D eigenvalue weighted by Gasteiger charge is -2.17. The van der Waals surface area contributed by atoms with Gasteiger partial charge in [-0.15, -0.1) is 0 Å². The maximum Gasteiger partial charge on any atom is 0.319 e. The van der Waals surface area contributed by atoms with Crippen LogP contribution in [0.15, 0.2) is 48.5 Å². The Kier molecular flexibility index (Phi) is 5.35. The van der Waals surface area contributed by atoms with Gasteiger partial charge in [-0.1, -0.05) is 0 Å². The molecule has 27 heavy (non-hydrogen) atoms. The lowest BCUT2D eigenvalue weighted by Crippen LogP contribution is -2.39. The van der Waals surface area contributed by atoms with E-state index >= 15 is 0 Å². The molecular formula is C19H19FN4O3. The molecule has 1 fully saturated rings. The smallest absolute Gasteiger partial charge is 0.319 e. The van der Waals surface area contributed by atoms with Gasteiger partial charge in [0.2, 0.25) is 11.8 Å². The number of amides is 4. The second-order valence-corrected chi connectivity index (χ2v) is 6.24. The maximum absolute atomic E-state index is 13.0. The van der Waals surface area contributed by atoms with Crippen LogP contribution in [0.25, 0.3) is 0 Å². The number of hydrogen-bond donors (Lipinski definition) is 3. The van der Waals surface area contributed by atoms with E-state index in [1.165, 1.54) is 36.1 Å². The van der Waals surface area contributed by atoms with E-state index in [0.29, 0.717) is 23.6 Å². The molecule has 4 amide bonds. The molecule has 0 spiro atoms. The lowest BCUT2D eigenvalue weighted by atomic mass is 10.2. The Morgan fingerprint density at radius 1 is 1.00 bits per heavy atom. The molecule has 1 atom stereocenters. The molecule has 0 saturated carbocycles. The van der Waals surface area contributed by atoms with Crippen molar-refractivity contribution in [1.29, 1.82) is 0 Å². The summed E-state index contributed by atoms with van der Waals surface area (Å²) in [5.41, 5.74) is 1.78. The van der Waals surface area contributed by atoms with Crippen LogP contribution < -0.4 is 20.9 Å². The Labute approximate surface area is 155 Å². The number of carbonyl (C=O) groups excluding carboxylic acids is 3. The first-order chi connectivity index (χ1) is 12.9. The van der Waals surface area contributed by atoms with E-state index in [4.69, 9.17) is 0 Å². The summed E-state index contributed by atoms with van der Waals surface area (Å²) in [5, 5.41) is 8.08. The zero-order valence-corrected chi connectivity index (χ0v) is 14.7. The molecule has 0 aliphatic carbocycles. The Balaban J connectivity index is 1.54. The number of carbonyl (C=O) groups is 3. The van der Waals surface area contributed by atoms with Gasteiger partial charge in [0.25, 0.3) is 0 Å². The number of nitrogens with zero attached hydrogens (tertiary/aromatic N) is 1. The van der Waals surface area contributed by atoms with Crippen molar-refractivity contribution in [2.75, 3.05) is 22.1 Å². The molecule has 1 aliphatic heterocycles. The highest BCUT2D eigenvalue weighted by Crippen LogP contribution is 2.22. The molecule has 0 aromatic heterocycles. The van der Waals surface area contributed by atoms with E-state index in [1.54, 1.807) is 24.3 Å². The number of rotatable bonds is 4. The molecule has 140 valence electrons. The van der Waals surface area contributed by atoms with Crippen molar-refractivity contribution in [3.63, 3.8) is 0 Å². The predicted octanol–water partition coefficient (Wildman–Crippen LogP) is 2.71. The summed E-state index contributed by atoms with van der Waals surface area (Å²) in [7, 11) is 0. The minimum absolute atomic E-state index is 0.133. The molecule has 1 aliphatic rings. The SMILES string of the molecule is CC(=O)Nc1ccc(NC(=O)NC2CC(=O)N(c3ccc(F)cc3)C2)cc1. The first-order valence-electron chi connectivity index (χ1n) is 8.42. The van der Waals surface area contributed by atoms with Gasteiger partial charge in [0.1, 0.15) is 5.82 Å². The van der Waals surface area contributed by atoms with Crippen LogP contribution in [-0.2, 0) is 9.59 Å². The Morgan fingerprint density at radius 2 is 1.59 bits per heavy atom. The topological polar surface area (TPSA) is 90.5 Å². The monoisotopic (exact) mass is 370 g/mol. The number of urea groups is 1. The maximum atomic E-state index is 13.0. The average Bonchev–Trinajstić information content (AvgIpc) is 2.97. The van der Waals surface area contributed by atoms with E-state index in [1.807, 2.05) is 0 Å². The van der Waals surface area contributed by atoms with Crippen LogP contribution in [0.1, 0.15) is 13.3 Å². The minimum Gasteiger partial charge on any atom is -0.333 e. The summed E-state index contributed by atoms with van der Waals surface area (Å²) < 4.78 is 13.0. The summed E-state index contributed by atoms with van der Waals surface area (Å²) in [4.78, 5) is 36.8. The van der Waals surface area contributed by atoms with Gasteiger partial charge >= 0.3 is 6.03 Å². The first-order valence-corrected chi connectivity index (χ1v) is 8.42. The third-order valence-electron chi connectivity index (χ3n) is 4.06. The summed E-state index contributed by atoms with van der Waals surface area (Å²) >= 11 is 0. The van der Waals surface area contributed by atoms with Crippen molar-refractivity contribution in [3.05, 3.63) is 54.3 Å². The highest BCUT2D eigenvalue weighted by Gasteiger charge is 2.31. The highest BCUT2D eigenvalue weighted by molar-refractivity contribution is 5.97. The molecule has 2 aromatic rings. The number of halogens is 1. The van der Waals surface area contributed by atoms with Gasteiger partial charge in [0, 0.05) is 37.0 Å². The van der Waals surface area contributed by atoms with Crippen LogP contribution in [0.3, 0.4) is 0 Å². The van der Waals surface area contributed by atoms with E-state index in [2.05, 4.69) is 16.0 Å². The molecule has 7 nitrogen and oxygen atoms in total. The Morgan fingerprint density at radius 3 is 2.19 bits per heavy atom. The van der Waals surface area contributed by atoms with Crippen LogP contribution >= 0.6 is 0 Å². The number of hydrogen-bond acceptors (Lipinski definition) is 3. The van der Waals surface area contributed by atoms with E-state index in [-0.39, 0.29) is 30.1 Å². The van der Waals surface area contributed by atoms with Crippen molar-refractivity contribution >= 4 is 34.9 Å². The summed E-state index contributed by atoms with van der Waals surface area (Å²) in [5.74, 6) is -0.680. The first kappa shape index (κ1) is 18.4. The van der Waals surface area contributed by atoms with Gasteiger partial charge in [0.15, 0.2) is 0 Å². The zero-order chi connectivity index (χ0) is 19.4. The fourth-order valence-electron chi connectivity index (χ4n) is 2.87. The molecule has 0 radical (unpaired) electrons. The number of anilines is 3. The van der Waals surface area contributed by atoms with E-state index in [9.17, 15) is 18.8 Å². The Hall–Kier alpha value is -3.42. The Bertz CT molecular complexity index is 852. The molecule has 1 heterocycles. The molecule has 3 N–H and O–H groups in total. The molecule has 8 heteroatoms. The zero-order valence-electron chi connectivity index (χ0n) is 14.7. The van der Waals surface area contributed by atoms with Crippen molar-refractivity contribution in [2.45, 2.75) is 19.4 Å². The second-order valence-electron chi connectivity index (χ2n) is 6.24. The van der Waals surface area contributed by atoms with Gasteiger partial charge in [-0.25, -0.2) is 9.18 Å². The van der Waals surface area contributed by atoms with Crippen molar-refractivity contribution in [3.8, 4) is 0 Å². The average molecular weight is 370 g/mol. The van der Waals surface area contributed by atoms with Crippen molar-refractivity contribution in [2.24, 2.45) is 0 Å². The highest BCUT2D eigenvalue weighted by atomic mass is 19.1. The van der Waals surface area contributed by atoms with E-state index in [0.717, 1.165) is 0 Å². The van der Waals surface area contributed by atoms with Gasteiger partial charge in [0.05, 0.1) is 6.04 Å². The fourth-order valence-corrected chi connectivity index (χ4v) is 2.87. The normalized spacial score (nSPS) is 16.1. The second kappa shape index (κ2) is 7.86. The largest absolute Gasteiger partial charge is 0.333 e. The fraction of sp³-hybridized carbons (Fsp3) is 0.211. The van der Waals surface area contributed by atoms with Crippen LogP contribution in [0.5, 0.6) is 0 Å². The number of nitrogens with one attached hydrogen (secondary N) is 3. The van der Waals surface area contributed by atoms with Gasteiger partial charge < -0.3 is 20.9 Å². The molecular weight excluding hydrogens is 351 g/mol. The van der Waals surface area contributed by atoms with Crippen LogP contribution in [0, 0.1) is 5.82 Å². The third kappa shape index (κ3) is 4.81. The minimum atomic E-state index is -0.430. The van der Waals surface area contributed by atoms with Crippen molar-refractivity contribution in [1.82, 2.24) is 5.32 Å².